The zero-order valence-corrected chi connectivity index (χ0v) is 10.4. The molecule has 1 saturated heterocycles. The molecule has 17 heavy (non-hydrogen) atoms. The van der Waals surface area contributed by atoms with Gasteiger partial charge in [0.2, 0.25) is 5.91 Å². The number of rotatable bonds is 3. The van der Waals surface area contributed by atoms with Crippen molar-refractivity contribution in [3.05, 3.63) is 29.3 Å². The van der Waals surface area contributed by atoms with Gasteiger partial charge in [0.05, 0.1) is 11.3 Å². The molecule has 1 heterocycles. The van der Waals surface area contributed by atoms with Gasteiger partial charge < -0.3 is 5.32 Å². The number of amides is 1. The Labute approximate surface area is 99.9 Å². The number of carbonyl (C=O) groups is 1. The van der Waals surface area contributed by atoms with Crippen LogP contribution in [0.25, 0.3) is 0 Å². The number of hydrogen-bond acceptors (Lipinski definition) is 4. The molecule has 5 nitrogen and oxygen atoms in total. The van der Waals surface area contributed by atoms with E-state index in [9.17, 15) is 13.2 Å². The van der Waals surface area contributed by atoms with E-state index in [-0.39, 0.29) is 17.2 Å². The average Bonchev–Trinajstić information content (AvgIpc) is 2.14. The summed E-state index contributed by atoms with van der Waals surface area (Å²) in [5.74, 6) is -0.203. The van der Waals surface area contributed by atoms with Crippen LogP contribution in [0.4, 0.5) is 0 Å². The second-order valence-electron chi connectivity index (χ2n) is 4.08. The third-order valence-corrected chi connectivity index (χ3v) is 4.02. The van der Waals surface area contributed by atoms with Crippen molar-refractivity contribution in [2.24, 2.45) is 0 Å². The van der Waals surface area contributed by atoms with Gasteiger partial charge in [-0.1, -0.05) is 17.7 Å². The van der Waals surface area contributed by atoms with Gasteiger partial charge in [-0.2, -0.15) is 8.42 Å². The molecule has 0 saturated carbocycles. The van der Waals surface area contributed by atoms with Crippen LogP contribution < -0.4 is 5.32 Å². The Balaban J connectivity index is 2.22. The van der Waals surface area contributed by atoms with Gasteiger partial charge in [0.1, 0.15) is 0 Å². The summed E-state index contributed by atoms with van der Waals surface area (Å²) in [6.45, 7) is 3.60. The fraction of sp³-hybridized carbons (Fsp3) is 0.364. The van der Waals surface area contributed by atoms with Crippen molar-refractivity contribution >= 4 is 16.0 Å². The van der Waals surface area contributed by atoms with Crippen LogP contribution in [-0.2, 0) is 19.1 Å². The Morgan fingerprint density at radius 3 is 2.53 bits per heavy atom. The zero-order chi connectivity index (χ0) is 12.6. The molecule has 1 fully saturated rings. The minimum absolute atomic E-state index is 0.0874. The van der Waals surface area contributed by atoms with Crippen LogP contribution in [0.5, 0.6) is 0 Å². The van der Waals surface area contributed by atoms with E-state index in [4.69, 9.17) is 4.18 Å². The summed E-state index contributed by atoms with van der Waals surface area (Å²) < 4.78 is 28.7. The first-order valence-electron chi connectivity index (χ1n) is 5.18. The molecule has 1 aliphatic heterocycles. The second-order valence-corrected chi connectivity index (χ2v) is 5.62. The van der Waals surface area contributed by atoms with Gasteiger partial charge in [0.15, 0.2) is 6.23 Å². The first-order valence-corrected chi connectivity index (χ1v) is 6.59. The molecule has 0 aliphatic carbocycles. The Morgan fingerprint density at radius 1 is 1.35 bits per heavy atom. The van der Waals surface area contributed by atoms with Crippen molar-refractivity contribution in [1.29, 1.82) is 0 Å². The summed E-state index contributed by atoms with van der Waals surface area (Å²) in [4.78, 5) is 10.8. The molecule has 1 aliphatic rings. The van der Waals surface area contributed by atoms with E-state index in [1.165, 1.54) is 6.07 Å². The second kappa shape index (κ2) is 4.12. The molecular formula is C11H13NO4S. The summed E-state index contributed by atoms with van der Waals surface area (Å²) in [6.07, 6.45) is -0.641. The average molecular weight is 255 g/mol. The highest BCUT2D eigenvalue weighted by atomic mass is 32.2. The third kappa shape index (κ3) is 2.48. The lowest BCUT2D eigenvalue weighted by atomic mass is 10.2. The van der Waals surface area contributed by atoms with Crippen LogP contribution >= 0.6 is 0 Å². The standard InChI is InChI=1S/C11H13NO4S/c1-7-3-4-9(8(2)5-7)17(14,15)16-11-6-10(13)12-11/h3-5,11H,6H2,1-2H3,(H,12,13)/t11-/m0/s1. The van der Waals surface area contributed by atoms with Gasteiger partial charge in [-0.25, -0.2) is 4.18 Å². The first-order chi connectivity index (χ1) is 7.88. The fourth-order valence-corrected chi connectivity index (χ4v) is 2.88. The number of hydrogen-bond donors (Lipinski definition) is 1. The Hall–Kier alpha value is -1.40. The van der Waals surface area contributed by atoms with Gasteiger partial charge in [-0.3, -0.25) is 4.79 Å². The highest BCUT2D eigenvalue weighted by Gasteiger charge is 2.32. The van der Waals surface area contributed by atoms with Crippen LogP contribution in [0, 0.1) is 13.8 Å². The molecule has 1 aromatic rings. The van der Waals surface area contributed by atoms with E-state index in [1.807, 2.05) is 6.92 Å². The molecule has 0 aromatic heterocycles. The third-order valence-electron chi connectivity index (χ3n) is 2.54. The maximum Gasteiger partial charge on any atom is 0.299 e. The molecule has 0 radical (unpaired) electrons. The topological polar surface area (TPSA) is 72.5 Å². The lowest BCUT2D eigenvalue weighted by molar-refractivity contribution is -0.133. The van der Waals surface area contributed by atoms with Crippen molar-refractivity contribution in [1.82, 2.24) is 5.32 Å². The van der Waals surface area contributed by atoms with Crippen LogP contribution in [-0.4, -0.2) is 20.6 Å². The molecule has 0 spiro atoms. The van der Waals surface area contributed by atoms with Crippen molar-refractivity contribution in [3.63, 3.8) is 0 Å². The van der Waals surface area contributed by atoms with Crippen molar-refractivity contribution in [3.8, 4) is 0 Å². The van der Waals surface area contributed by atoms with E-state index in [2.05, 4.69) is 5.32 Å². The highest BCUT2D eigenvalue weighted by molar-refractivity contribution is 7.86. The van der Waals surface area contributed by atoms with Gasteiger partial charge in [0, 0.05) is 0 Å². The van der Waals surface area contributed by atoms with Crippen LogP contribution in [0.1, 0.15) is 17.5 Å². The van der Waals surface area contributed by atoms with E-state index in [0.717, 1.165) is 5.56 Å². The summed E-state index contributed by atoms with van der Waals surface area (Å²) in [7, 11) is -3.81. The van der Waals surface area contributed by atoms with Crippen LogP contribution in [0.15, 0.2) is 23.1 Å². The van der Waals surface area contributed by atoms with E-state index in [1.54, 1.807) is 19.1 Å². The molecule has 1 atom stereocenters. The van der Waals surface area contributed by atoms with Crippen molar-refractivity contribution in [2.45, 2.75) is 31.4 Å². The fourth-order valence-electron chi connectivity index (χ4n) is 1.67. The molecule has 0 bridgehead atoms. The number of benzene rings is 1. The molecule has 1 aromatic carbocycles. The molecule has 0 unspecified atom stereocenters. The van der Waals surface area contributed by atoms with Gasteiger partial charge in [-0.05, 0) is 25.5 Å². The van der Waals surface area contributed by atoms with E-state index >= 15 is 0 Å². The largest absolute Gasteiger partial charge is 0.329 e. The predicted molar refractivity (Wildman–Crippen MR) is 60.7 cm³/mol. The Kier molecular flexibility index (Phi) is 2.92. The quantitative estimate of drug-likeness (QED) is 0.642. The molecule has 1 N–H and O–H groups in total. The summed E-state index contributed by atoms with van der Waals surface area (Å²) in [5.41, 5.74) is 1.62. The van der Waals surface area contributed by atoms with Crippen molar-refractivity contribution in [2.75, 3.05) is 0 Å². The number of aryl methyl sites for hydroxylation is 2. The Bertz CT molecular complexity index is 557. The Morgan fingerprint density at radius 2 is 2.00 bits per heavy atom. The number of nitrogens with one attached hydrogen (secondary N) is 1. The van der Waals surface area contributed by atoms with Crippen LogP contribution in [0.2, 0.25) is 0 Å². The van der Waals surface area contributed by atoms with Gasteiger partial charge in [-0.15, -0.1) is 0 Å². The molecule has 1 amide bonds. The maximum absolute atomic E-state index is 11.9. The monoisotopic (exact) mass is 255 g/mol. The minimum Gasteiger partial charge on any atom is -0.329 e. The summed E-state index contributed by atoms with van der Waals surface area (Å²) in [6, 6.07) is 5.00. The summed E-state index contributed by atoms with van der Waals surface area (Å²) >= 11 is 0. The number of carbonyl (C=O) groups excluding carboxylic acids is 1. The van der Waals surface area contributed by atoms with E-state index < -0.39 is 16.3 Å². The summed E-state index contributed by atoms with van der Waals surface area (Å²) in [5, 5.41) is 2.36. The molecule has 6 heteroatoms. The normalized spacial score (nSPS) is 19.6. The maximum atomic E-state index is 11.9. The molecule has 2 rings (SSSR count). The van der Waals surface area contributed by atoms with E-state index in [0.29, 0.717) is 5.56 Å². The minimum atomic E-state index is -3.81. The highest BCUT2D eigenvalue weighted by Crippen LogP contribution is 2.21. The smallest absolute Gasteiger partial charge is 0.299 e. The SMILES string of the molecule is Cc1ccc(S(=O)(=O)O[C@H]2CC(=O)N2)c(C)c1. The van der Waals surface area contributed by atoms with Crippen LogP contribution in [0.3, 0.4) is 0 Å². The van der Waals surface area contributed by atoms with Gasteiger partial charge >= 0.3 is 0 Å². The van der Waals surface area contributed by atoms with Gasteiger partial charge in [0.25, 0.3) is 10.1 Å². The molecular weight excluding hydrogens is 242 g/mol. The molecule has 92 valence electrons. The lowest BCUT2D eigenvalue weighted by Crippen LogP contribution is -2.50. The zero-order valence-electron chi connectivity index (χ0n) is 9.56. The first kappa shape index (κ1) is 12.1. The van der Waals surface area contributed by atoms with Crippen molar-refractivity contribution < 1.29 is 17.4 Å². The number of β-lactam (4-membered cyclic amide) rings is 1. The predicted octanol–water partition coefficient (Wildman–Crippen LogP) is 0.855. The lowest BCUT2D eigenvalue weighted by Gasteiger charge is -2.26.